The third-order valence-electron chi connectivity index (χ3n) is 2.25. The van der Waals surface area contributed by atoms with E-state index in [1.807, 2.05) is 6.92 Å². The number of fused-ring (bicyclic) bond motifs is 1. The van der Waals surface area contributed by atoms with Gasteiger partial charge in [-0.2, -0.15) is 0 Å². The smallest absolute Gasteiger partial charge is 0.336 e. The maximum absolute atomic E-state index is 11.0. The van der Waals surface area contributed by atoms with Crippen LogP contribution in [0.15, 0.2) is 24.4 Å². The Bertz CT molecular complexity index is 552. The zero-order chi connectivity index (χ0) is 11.0. The Labute approximate surface area is 91.3 Å². The van der Waals surface area contributed by atoms with Gasteiger partial charge in [-0.15, -0.1) is 0 Å². The van der Waals surface area contributed by atoms with Crippen molar-refractivity contribution in [2.24, 2.45) is 0 Å². The molecule has 0 saturated carbocycles. The van der Waals surface area contributed by atoms with E-state index in [9.17, 15) is 4.79 Å². The van der Waals surface area contributed by atoms with Gasteiger partial charge in [-0.25, -0.2) is 4.79 Å². The van der Waals surface area contributed by atoms with Gasteiger partial charge in [-0.3, -0.25) is 4.98 Å². The first-order valence-electron chi connectivity index (χ1n) is 4.38. The molecule has 0 aliphatic heterocycles. The van der Waals surface area contributed by atoms with Gasteiger partial charge in [0.05, 0.1) is 11.1 Å². The summed E-state index contributed by atoms with van der Waals surface area (Å²) in [5.74, 6) is -0.955. The highest BCUT2D eigenvalue weighted by Gasteiger charge is 2.10. The van der Waals surface area contributed by atoms with E-state index in [4.69, 9.17) is 16.7 Å². The third kappa shape index (κ3) is 1.66. The molecule has 1 aromatic heterocycles. The lowest BCUT2D eigenvalue weighted by Gasteiger charge is -2.04. The fourth-order valence-corrected chi connectivity index (χ4v) is 1.62. The van der Waals surface area contributed by atoms with Gasteiger partial charge < -0.3 is 5.11 Å². The molecule has 1 N–H and O–H groups in total. The second-order valence-electron chi connectivity index (χ2n) is 3.28. The van der Waals surface area contributed by atoms with E-state index in [-0.39, 0.29) is 5.56 Å². The van der Waals surface area contributed by atoms with E-state index in [1.165, 1.54) is 12.3 Å². The molecule has 2 aromatic rings. The Morgan fingerprint density at radius 3 is 2.87 bits per heavy atom. The van der Waals surface area contributed by atoms with Crippen LogP contribution >= 0.6 is 11.6 Å². The summed E-state index contributed by atoms with van der Waals surface area (Å²) in [6.45, 7) is 1.83. The van der Waals surface area contributed by atoms with Crippen LogP contribution in [0.1, 0.15) is 15.9 Å². The highest BCUT2D eigenvalue weighted by Crippen LogP contribution is 2.24. The van der Waals surface area contributed by atoms with E-state index in [1.54, 1.807) is 12.1 Å². The van der Waals surface area contributed by atoms with Crippen LogP contribution in [0.4, 0.5) is 0 Å². The fourth-order valence-electron chi connectivity index (χ4n) is 1.46. The van der Waals surface area contributed by atoms with Gasteiger partial charge in [0, 0.05) is 16.6 Å². The number of nitrogens with zero attached hydrogens (tertiary/aromatic N) is 1. The number of hydrogen-bond donors (Lipinski definition) is 1. The minimum Gasteiger partial charge on any atom is -0.478 e. The average molecular weight is 222 g/mol. The maximum Gasteiger partial charge on any atom is 0.336 e. The molecular weight excluding hydrogens is 214 g/mol. The number of aryl methyl sites for hydroxylation is 1. The van der Waals surface area contributed by atoms with Crippen molar-refractivity contribution >= 4 is 28.5 Å². The summed E-state index contributed by atoms with van der Waals surface area (Å²) in [5, 5.41) is 10.2. The summed E-state index contributed by atoms with van der Waals surface area (Å²) in [7, 11) is 0. The van der Waals surface area contributed by atoms with Crippen LogP contribution in [-0.4, -0.2) is 16.1 Å². The number of hydrogen-bond acceptors (Lipinski definition) is 2. The molecule has 0 aliphatic rings. The molecule has 4 heteroatoms. The van der Waals surface area contributed by atoms with Gasteiger partial charge in [-0.1, -0.05) is 11.6 Å². The quantitative estimate of drug-likeness (QED) is 0.806. The molecule has 1 heterocycles. The SMILES string of the molecule is Cc1cc2c(C(=O)O)ccnc2cc1Cl. The average Bonchev–Trinajstić information content (AvgIpc) is 2.18. The van der Waals surface area contributed by atoms with Gasteiger partial charge in [0.2, 0.25) is 0 Å². The van der Waals surface area contributed by atoms with Gasteiger partial charge in [0.15, 0.2) is 0 Å². The molecule has 1 aromatic carbocycles. The van der Waals surface area contributed by atoms with E-state index < -0.39 is 5.97 Å². The lowest BCUT2D eigenvalue weighted by Crippen LogP contribution is -1.98. The van der Waals surface area contributed by atoms with Crippen LogP contribution in [-0.2, 0) is 0 Å². The minimum atomic E-state index is -0.955. The third-order valence-corrected chi connectivity index (χ3v) is 2.66. The van der Waals surface area contributed by atoms with Crippen LogP contribution in [0.3, 0.4) is 0 Å². The maximum atomic E-state index is 11.0. The molecule has 15 heavy (non-hydrogen) atoms. The second-order valence-corrected chi connectivity index (χ2v) is 3.69. The van der Waals surface area contributed by atoms with E-state index >= 15 is 0 Å². The molecule has 0 saturated heterocycles. The van der Waals surface area contributed by atoms with Crippen LogP contribution < -0.4 is 0 Å². The molecule has 0 unspecified atom stereocenters. The van der Waals surface area contributed by atoms with Gasteiger partial charge in [-0.05, 0) is 30.7 Å². The zero-order valence-corrected chi connectivity index (χ0v) is 8.75. The van der Waals surface area contributed by atoms with Crippen molar-refractivity contribution in [3.05, 3.63) is 40.5 Å². The number of benzene rings is 1. The first kappa shape index (κ1) is 9.93. The Morgan fingerprint density at radius 1 is 1.47 bits per heavy atom. The molecule has 76 valence electrons. The Balaban J connectivity index is 2.86. The minimum absolute atomic E-state index is 0.250. The number of carboxylic acids is 1. The Kier molecular flexibility index (Phi) is 2.32. The van der Waals surface area contributed by atoms with E-state index in [0.717, 1.165) is 5.56 Å². The summed E-state index contributed by atoms with van der Waals surface area (Å²) in [6.07, 6.45) is 1.47. The van der Waals surface area contributed by atoms with Gasteiger partial charge in [0.1, 0.15) is 0 Å². The number of halogens is 1. The molecular formula is C11H8ClNO2. The standard InChI is InChI=1S/C11H8ClNO2/c1-6-4-8-7(11(14)15)2-3-13-10(8)5-9(6)12/h2-5H,1H3,(H,14,15). The molecule has 0 atom stereocenters. The fraction of sp³-hybridized carbons (Fsp3) is 0.0909. The van der Waals surface area contributed by atoms with Gasteiger partial charge >= 0.3 is 5.97 Å². The summed E-state index contributed by atoms with van der Waals surface area (Å²) in [6, 6.07) is 4.91. The van der Waals surface area contributed by atoms with Crippen molar-refractivity contribution in [1.82, 2.24) is 4.98 Å². The summed E-state index contributed by atoms with van der Waals surface area (Å²) in [5.41, 5.74) is 1.70. The van der Waals surface area contributed by atoms with Crippen LogP contribution in [0.25, 0.3) is 10.9 Å². The molecule has 0 amide bonds. The summed E-state index contributed by atoms with van der Waals surface area (Å²) in [4.78, 5) is 15.0. The highest BCUT2D eigenvalue weighted by atomic mass is 35.5. The topological polar surface area (TPSA) is 50.2 Å². The molecule has 0 aliphatic carbocycles. The normalized spacial score (nSPS) is 10.5. The predicted molar refractivity (Wildman–Crippen MR) is 58.4 cm³/mol. The first-order valence-corrected chi connectivity index (χ1v) is 4.75. The van der Waals surface area contributed by atoms with Crippen molar-refractivity contribution in [3.8, 4) is 0 Å². The second kappa shape index (κ2) is 3.51. The van der Waals surface area contributed by atoms with Gasteiger partial charge in [0.25, 0.3) is 0 Å². The Morgan fingerprint density at radius 2 is 2.20 bits per heavy atom. The lowest BCUT2D eigenvalue weighted by molar-refractivity contribution is 0.0699. The molecule has 3 nitrogen and oxygen atoms in total. The number of carbonyl (C=O) groups is 1. The molecule has 0 spiro atoms. The van der Waals surface area contributed by atoms with E-state index in [2.05, 4.69) is 4.98 Å². The van der Waals surface area contributed by atoms with E-state index in [0.29, 0.717) is 15.9 Å². The summed E-state index contributed by atoms with van der Waals surface area (Å²) >= 11 is 5.93. The number of pyridine rings is 1. The number of aromatic carboxylic acids is 1. The molecule has 2 rings (SSSR count). The lowest BCUT2D eigenvalue weighted by atomic mass is 10.1. The highest BCUT2D eigenvalue weighted by molar-refractivity contribution is 6.32. The van der Waals surface area contributed by atoms with Crippen LogP contribution in [0.5, 0.6) is 0 Å². The van der Waals surface area contributed by atoms with Crippen LogP contribution in [0, 0.1) is 6.92 Å². The largest absolute Gasteiger partial charge is 0.478 e. The van der Waals surface area contributed by atoms with Crippen LogP contribution in [0.2, 0.25) is 5.02 Å². The first-order chi connectivity index (χ1) is 7.09. The van der Waals surface area contributed by atoms with Crippen molar-refractivity contribution in [1.29, 1.82) is 0 Å². The Hall–Kier alpha value is -1.61. The molecule has 0 radical (unpaired) electrons. The molecule has 0 fully saturated rings. The van der Waals surface area contributed by atoms with Crippen molar-refractivity contribution < 1.29 is 9.90 Å². The number of aromatic nitrogens is 1. The zero-order valence-electron chi connectivity index (χ0n) is 7.99. The van der Waals surface area contributed by atoms with Crippen molar-refractivity contribution in [2.75, 3.05) is 0 Å². The number of carboxylic acid groups (broad SMARTS) is 1. The predicted octanol–water partition coefficient (Wildman–Crippen LogP) is 2.89. The molecule has 0 bridgehead atoms. The monoisotopic (exact) mass is 221 g/mol. The summed E-state index contributed by atoms with van der Waals surface area (Å²) < 4.78 is 0. The number of rotatable bonds is 1. The van der Waals surface area contributed by atoms with Crippen molar-refractivity contribution in [3.63, 3.8) is 0 Å². The van der Waals surface area contributed by atoms with Crippen molar-refractivity contribution in [2.45, 2.75) is 6.92 Å².